The van der Waals surface area contributed by atoms with Gasteiger partial charge in [-0.3, -0.25) is 0 Å². The Morgan fingerprint density at radius 2 is 2.19 bits per heavy atom. The van der Waals surface area contributed by atoms with E-state index in [2.05, 4.69) is 34.5 Å². The zero-order valence-corrected chi connectivity index (χ0v) is 11.1. The fourth-order valence-corrected chi connectivity index (χ4v) is 2.87. The Bertz CT molecular complexity index is 448. The van der Waals surface area contributed by atoms with Gasteiger partial charge < -0.3 is 5.32 Å². The van der Waals surface area contributed by atoms with E-state index in [9.17, 15) is 0 Å². The fourth-order valence-electron chi connectivity index (χ4n) is 1.37. The van der Waals surface area contributed by atoms with Crippen LogP contribution < -0.4 is 5.32 Å². The van der Waals surface area contributed by atoms with Crippen molar-refractivity contribution in [2.24, 2.45) is 0 Å². The van der Waals surface area contributed by atoms with Crippen molar-refractivity contribution >= 4 is 22.7 Å². The first-order valence-electron chi connectivity index (χ1n) is 5.33. The standard InChI is InChI=1S/C11H15N3S2/c1-3-10-14-9(7-15-10)5-12-6-11-13-4-8(2)16-11/h4,7,12H,3,5-6H2,1-2H3. The first-order valence-corrected chi connectivity index (χ1v) is 7.03. The van der Waals surface area contributed by atoms with Crippen LogP contribution in [0.15, 0.2) is 11.6 Å². The van der Waals surface area contributed by atoms with E-state index in [1.54, 1.807) is 22.7 Å². The largest absolute Gasteiger partial charge is 0.305 e. The number of thiazole rings is 2. The molecule has 5 heteroatoms. The lowest BCUT2D eigenvalue weighted by atomic mass is 10.4. The molecule has 2 aromatic rings. The van der Waals surface area contributed by atoms with E-state index in [4.69, 9.17) is 0 Å². The molecule has 0 spiro atoms. The van der Waals surface area contributed by atoms with Gasteiger partial charge >= 0.3 is 0 Å². The molecule has 0 aliphatic heterocycles. The summed E-state index contributed by atoms with van der Waals surface area (Å²) in [6, 6.07) is 0. The zero-order valence-electron chi connectivity index (χ0n) is 9.49. The first kappa shape index (κ1) is 11.7. The zero-order chi connectivity index (χ0) is 11.4. The summed E-state index contributed by atoms with van der Waals surface area (Å²) in [6.45, 7) is 5.87. The summed E-state index contributed by atoms with van der Waals surface area (Å²) < 4.78 is 0. The molecule has 0 aromatic carbocycles. The summed E-state index contributed by atoms with van der Waals surface area (Å²) in [4.78, 5) is 10.1. The van der Waals surface area contributed by atoms with Gasteiger partial charge in [-0.05, 0) is 13.3 Å². The van der Waals surface area contributed by atoms with Gasteiger partial charge in [-0.1, -0.05) is 6.92 Å². The monoisotopic (exact) mass is 253 g/mol. The van der Waals surface area contributed by atoms with Crippen LogP contribution in [-0.4, -0.2) is 9.97 Å². The summed E-state index contributed by atoms with van der Waals surface area (Å²) in [7, 11) is 0. The summed E-state index contributed by atoms with van der Waals surface area (Å²) in [5.74, 6) is 0. The molecular formula is C11H15N3S2. The topological polar surface area (TPSA) is 37.8 Å². The second kappa shape index (κ2) is 5.52. The molecule has 0 bridgehead atoms. The maximum Gasteiger partial charge on any atom is 0.107 e. The Kier molecular flexibility index (Phi) is 4.04. The first-order chi connectivity index (χ1) is 7.78. The van der Waals surface area contributed by atoms with E-state index in [0.29, 0.717) is 0 Å². The molecule has 86 valence electrons. The van der Waals surface area contributed by atoms with Crippen molar-refractivity contribution in [1.82, 2.24) is 15.3 Å². The van der Waals surface area contributed by atoms with Gasteiger partial charge in [0, 0.05) is 29.5 Å². The molecule has 3 nitrogen and oxygen atoms in total. The van der Waals surface area contributed by atoms with E-state index in [0.717, 1.165) is 30.2 Å². The van der Waals surface area contributed by atoms with E-state index in [1.807, 2.05) is 6.20 Å². The normalized spacial score (nSPS) is 10.9. The van der Waals surface area contributed by atoms with Gasteiger partial charge in [0.25, 0.3) is 0 Å². The molecular weight excluding hydrogens is 238 g/mol. The average molecular weight is 253 g/mol. The van der Waals surface area contributed by atoms with Crippen molar-refractivity contribution in [3.63, 3.8) is 0 Å². The number of nitrogens with one attached hydrogen (secondary N) is 1. The Balaban J connectivity index is 1.79. The Morgan fingerprint density at radius 3 is 2.81 bits per heavy atom. The van der Waals surface area contributed by atoms with E-state index >= 15 is 0 Å². The number of rotatable bonds is 5. The minimum absolute atomic E-state index is 0.828. The molecule has 2 heterocycles. The van der Waals surface area contributed by atoms with Crippen LogP contribution in [-0.2, 0) is 19.5 Å². The van der Waals surface area contributed by atoms with Crippen molar-refractivity contribution in [1.29, 1.82) is 0 Å². The predicted molar refractivity (Wildman–Crippen MR) is 68.9 cm³/mol. The lowest BCUT2D eigenvalue weighted by Crippen LogP contribution is -2.12. The lowest BCUT2D eigenvalue weighted by Gasteiger charge is -1.98. The maximum absolute atomic E-state index is 4.50. The van der Waals surface area contributed by atoms with Crippen LogP contribution >= 0.6 is 22.7 Å². The second-order valence-corrected chi connectivity index (χ2v) is 5.82. The van der Waals surface area contributed by atoms with Gasteiger partial charge in [-0.25, -0.2) is 9.97 Å². The lowest BCUT2D eigenvalue weighted by molar-refractivity contribution is 0.678. The predicted octanol–water partition coefficient (Wildman–Crippen LogP) is 2.76. The maximum atomic E-state index is 4.50. The highest BCUT2D eigenvalue weighted by Gasteiger charge is 2.01. The second-order valence-electron chi connectivity index (χ2n) is 3.55. The molecule has 0 saturated carbocycles. The Labute approximate surface area is 104 Å². The third-order valence-electron chi connectivity index (χ3n) is 2.15. The summed E-state index contributed by atoms with van der Waals surface area (Å²) >= 11 is 3.48. The highest BCUT2D eigenvalue weighted by Crippen LogP contribution is 2.12. The van der Waals surface area contributed by atoms with Crippen LogP contribution in [0.3, 0.4) is 0 Å². The molecule has 2 rings (SSSR count). The fraction of sp³-hybridized carbons (Fsp3) is 0.455. The Hall–Kier alpha value is -0.780. The van der Waals surface area contributed by atoms with Gasteiger partial charge in [-0.15, -0.1) is 22.7 Å². The summed E-state index contributed by atoms with van der Waals surface area (Å²) in [6.07, 6.45) is 2.94. The van der Waals surface area contributed by atoms with Crippen molar-refractivity contribution in [2.75, 3.05) is 0 Å². The highest BCUT2D eigenvalue weighted by molar-refractivity contribution is 7.11. The Morgan fingerprint density at radius 1 is 1.31 bits per heavy atom. The number of hydrogen-bond donors (Lipinski definition) is 1. The minimum Gasteiger partial charge on any atom is -0.305 e. The molecule has 0 radical (unpaired) electrons. The number of hydrogen-bond acceptors (Lipinski definition) is 5. The summed E-state index contributed by atoms with van der Waals surface area (Å²) in [5, 5.41) is 7.84. The third-order valence-corrected chi connectivity index (χ3v) is 4.11. The number of nitrogens with zero attached hydrogens (tertiary/aromatic N) is 2. The van der Waals surface area contributed by atoms with E-state index in [1.165, 1.54) is 9.88 Å². The van der Waals surface area contributed by atoms with Crippen LogP contribution in [0.2, 0.25) is 0 Å². The van der Waals surface area contributed by atoms with Crippen LogP contribution in [0, 0.1) is 6.92 Å². The molecule has 0 atom stereocenters. The van der Waals surface area contributed by atoms with Crippen molar-refractivity contribution < 1.29 is 0 Å². The van der Waals surface area contributed by atoms with Crippen molar-refractivity contribution in [2.45, 2.75) is 33.4 Å². The molecule has 16 heavy (non-hydrogen) atoms. The molecule has 0 amide bonds. The SMILES string of the molecule is CCc1nc(CNCc2ncc(C)s2)cs1. The number of aromatic nitrogens is 2. The van der Waals surface area contributed by atoms with Crippen molar-refractivity contribution in [3.05, 3.63) is 32.2 Å². The van der Waals surface area contributed by atoms with Crippen LogP contribution in [0.4, 0.5) is 0 Å². The van der Waals surface area contributed by atoms with E-state index < -0.39 is 0 Å². The molecule has 0 unspecified atom stereocenters. The molecule has 0 aliphatic carbocycles. The molecule has 1 N–H and O–H groups in total. The average Bonchev–Trinajstić information content (AvgIpc) is 2.88. The summed E-state index contributed by atoms with van der Waals surface area (Å²) in [5.41, 5.74) is 1.13. The third kappa shape index (κ3) is 3.10. The van der Waals surface area contributed by atoms with Crippen LogP contribution in [0.1, 0.15) is 27.5 Å². The van der Waals surface area contributed by atoms with Gasteiger partial charge in [0.05, 0.1) is 10.7 Å². The minimum atomic E-state index is 0.828. The molecule has 0 aliphatic rings. The molecule has 0 fully saturated rings. The molecule has 2 aromatic heterocycles. The van der Waals surface area contributed by atoms with Gasteiger partial charge in [0.1, 0.15) is 5.01 Å². The number of aryl methyl sites for hydroxylation is 2. The van der Waals surface area contributed by atoms with Crippen LogP contribution in [0.25, 0.3) is 0 Å². The smallest absolute Gasteiger partial charge is 0.107 e. The van der Waals surface area contributed by atoms with Gasteiger partial charge in [0.2, 0.25) is 0 Å². The van der Waals surface area contributed by atoms with Crippen LogP contribution in [0.5, 0.6) is 0 Å². The van der Waals surface area contributed by atoms with Crippen molar-refractivity contribution in [3.8, 4) is 0 Å². The molecule has 0 saturated heterocycles. The van der Waals surface area contributed by atoms with E-state index in [-0.39, 0.29) is 0 Å². The van der Waals surface area contributed by atoms with Gasteiger partial charge in [-0.2, -0.15) is 0 Å². The quantitative estimate of drug-likeness (QED) is 0.890. The van der Waals surface area contributed by atoms with Gasteiger partial charge in [0.15, 0.2) is 0 Å². The highest BCUT2D eigenvalue weighted by atomic mass is 32.1.